The third kappa shape index (κ3) is 2.88. The number of fused-ring (bicyclic) bond motifs is 1. The second-order valence-corrected chi connectivity index (χ2v) is 6.77. The van der Waals surface area contributed by atoms with Crippen molar-refractivity contribution in [1.29, 1.82) is 0 Å². The highest BCUT2D eigenvalue weighted by atomic mass is 32.2. The van der Waals surface area contributed by atoms with E-state index in [1.807, 2.05) is 6.92 Å². The molecule has 0 amide bonds. The number of sulfonamides is 1. The molecule has 0 spiro atoms. The quantitative estimate of drug-likeness (QED) is 0.764. The van der Waals surface area contributed by atoms with Gasteiger partial charge in [0.05, 0.1) is 22.7 Å². The maximum atomic E-state index is 12.6. The summed E-state index contributed by atoms with van der Waals surface area (Å²) in [5.74, 6) is -0.102. The third-order valence-corrected chi connectivity index (χ3v) is 4.87. The van der Waals surface area contributed by atoms with Gasteiger partial charge in [0.25, 0.3) is 10.0 Å². The summed E-state index contributed by atoms with van der Waals surface area (Å²) in [5, 5.41) is 0. The number of hydrogen-bond donors (Lipinski definition) is 1. The number of oxazole rings is 1. The van der Waals surface area contributed by atoms with Crippen molar-refractivity contribution in [3.63, 3.8) is 0 Å². The maximum Gasteiger partial charge on any atom is 0.419 e. The monoisotopic (exact) mass is 348 g/mol. The molecule has 0 radical (unpaired) electrons. The summed E-state index contributed by atoms with van der Waals surface area (Å²) in [6.45, 7) is 2.24. The van der Waals surface area contributed by atoms with Crippen LogP contribution in [0.1, 0.15) is 6.92 Å². The molecular formula is C16H16N2O5S. The lowest BCUT2D eigenvalue weighted by atomic mass is 10.3. The number of ether oxygens (including phenoxy) is 1. The molecule has 3 aromatic rings. The Balaban J connectivity index is 2.02. The number of anilines is 1. The molecule has 0 aliphatic rings. The maximum absolute atomic E-state index is 12.6. The fraction of sp³-hybridized carbons (Fsp3) is 0.188. The van der Waals surface area contributed by atoms with Crippen LogP contribution in [0.25, 0.3) is 11.1 Å². The molecule has 0 aliphatic heterocycles. The van der Waals surface area contributed by atoms with Crippen molar-refractivity contribution in [2.75, 3.05) is 11.3 Å². The van der Waals surface area contributed by atoms with Gasteiger partial charge in [-0.3, -0.25) is 9.29 Å². The Morgan fingerprint density at radius 2 is 1.96 bits per heavy atom. The van der Waals surface area contributed by atoms with Crippen LogP contribution in [0.5, 0.6) is 5.75 Å². The predicted octanol–water partition coefficient (Wildman–Crippen LogP) is 2.33. The molecule has 1 N–H and O–H groups in total. The van der Waals surface area contributed by atoms with Gasteiger partial charge in [0.2, 0.25) is 0 Å². The van der Waals surface area contributed by atoms with Gasteiger partial charge in [0.15, 0.2) is 5.58 Å². The first kappa shape index (κ1) is 16.1. The summed E-state index contributed by atoms with van der Waals surface area (Å²) in [4.78, 5) is 11.5. The zero-order valence-corrected chi connectivity index (χ0v) is 14.0. The average Bonchev–Trinajstić information content (AvgIpc) is 2.84. The van der Waals surface area contributed by atoms with Crippen LogP contribution in [0.4, 0.5) is 5.69 Å². The number of para-hydroxylation sites is 2. The fourth-order valence-electron chi connectivity index (χ4n) is 2.31. The van der Waals surface area contributed by atoms with Crippen LogP contribution in [0.2, 0.25) is 0 Å². The molecule has 0 saturated carbocycles. The average molecular weight is 348 g/mol. The minimum atomic E-state index is -3.84. The van der Waals surface area contributed by atoms with Crippen molar-refractivity contribution in [3.8, 4) is 5.75 Å². The van der Waals surface area contributed by atoms with Crippen LogP contribution in [-0.4, -0.2) is 19.6 Å². The predicted molar refractivity (Wildman–Crippen MR) is 89.9 cm³/mol. The van der Waals surface area contributed by atoms with Crippen LogP contribution in [-0.2, 0) is 17.1 Å². The number of rotatable bonds is 5. The second kappa shape index (κ2) is 6.04. The van der Waals surface area contributed by atoms with Crippen LogP contribution in [0.3, 0.4) is 0 Å². The smallest absolute Gasteiger partial charge is 0.419 e. The van der Waals surface area contributed by atoms with Crippen molar-refractivity contribution in [3.05, 3.63) is 53.0 Å². The molecule has 126 valence electrons. The number of nitrogens with zero attached hydrogens (tertiary/aromatic N) is 1. The third-order valence-electron chi connectivity index (χ3n) is 3.50. The summed E-state index contributed by atoms with van der Waals surface area (Å²) in [6, 6.07) is 11.0. The zero-order chi connectivity index (χ0) is 17.3. The van der Waals surface area contributed by atoms with E-state index in [2.05, 4.69) is 4.72 Å². The summed E-state index contributed by atoms with van der Waals surface area (Å²) in [5.41, 5.74) is 1.08. The van der Waals surface area contributed by atoms with E-state index in [0.29, 0.717) is 29.1 Å². The summed E-state index contributed by atoms with van der Waals surface area (Å²) in [7, 11) is -2.32. The standard InChI is InChI=1S/C16H16N2O5S/c1-3-22-14-7-5-4-6-12(14)17-24(20,21)11-8-9-15-13(10-11)18(2)16(19)23-15/h4-10,17H,3H2,1-2H3. The summed E-state index contributed by atoms with van der Waals surface area (Å²) in [6.07, 6.45) is 0. The first-order chi connectivity index (χ1) is 11.4. The highest BCUT2D eigenvalue weighted by Gasteiger charge is 2.18. The molecule has 0 saturated heterocycles. The van der Waals surface area contributed by atoms with E-state index in [1.165, 1.54) is 29.8 Å². The SMILES string of the molecule is CCOc1ccccc1NS(=O)(=O)c1ccc2oc(=O)n(C)c2c1. The molecule has 0 aliphatic carbocycles. The van der Waals surface area contributed by atoms with Gasteiger partial charge in [0, 0.05) is 7.05 Å². The Kier molecular flexibility index (Phi) is 4.06. The van der Waals surface area contributed by atoms with Gasteiger partial charge in [-0.25, -0.2) is 13.2 Å². The number of hydrogen-bond acceptors (Lipinski definition) is 5. The van der Waals surface area contributed by atoms with Crippen LogP contribution < -0.4 is 15.2 Å². The van der Waals surface area contributed by atoms with E-state index in [1.54, 1.807) is 24.3 Å². The van der Waals surface area contributed by atoms with E-state index in [0.717, 1.165) is 0 Å². The largest absolute Gasteiger partial charge is 0.492 e. The molecule has 8 heteroatoms. The van der Waals surface area contributed by atoms with Crippen molar-refractivity contribution in [2.45, 2.75) is 11.8 Å². The van der Waals surface area contributed by atoms with Gasteiger partial charge in [-0.05, 0) is 37.3 Å². The molecule has 1 aromatic heterocycles. The molecule has 0 atom stereocenters. The van der Waals surface area contributed by atoms with Crippen LogP contribution in [0, 0.1) is 0 Å². The van der Waals surface area contributed by atoms with E-state index in [-0.39, 0.29) is 4.90 Å². The van der Waals surface area contributed by atoms with E-state index >= 15 is 0 Å². The van der Waals surface area contributed by atoms with Crippen LogP contribution in [0.15, 0.2) is 56.6 Å². The molecule has 2 aromatic carbocycles. The zero-order valence-electron chi connectivity index (χ0n) is 13.1. The van der Waals surface area contributed by atoms with Crippen molar-refractivity contribution in [2.24, 2.45) is 7.05 Å². The van der Waals surface area contributed by atoms with Gasteiger partial charge in [-0.15, -0.1) is 0 Å². The molecule has 3 rings (SSSR count). The van der Waals surface area contributed by atoms with Crippen molar-refractivity contribution < 1.29 is 17.6 Å². The minimum absolute atomic E-state index is 0.0256. The van der Waals surface area contributed by atoms with Gasteiger partial charge in [-0.2, -0.15) is 0 Å². The summed E-state index contributed by atoms with van der Waals surface area (Å²) < 4.78 is 39.5. The lowest BCUT2D eigenvalue weighted by molar-refractivity contribution is 0.342. The lowest BCUT2D eigenvalue weighted by Crippen LogP contribution is -2.14. The topological polar surface area (TPSA) is 90.5 Å². The molecule has 0 fully saturated rings. The molecule has 24 heavy (non-hydrogen) atoms. The van der Waals surface area contributed by atoms with Gasteiger partial charge >= 0.3 is 5.76 Å². The van der Waals surface area contributed by atoms with Gasteiger partial charge < -0.3 is 9.15 Å². The van der Waals surface area contributed by atoms with E-state index in [4.69, 9.17) is 9.15 Å². The molecule has 0 bridgehead atoms. The van der Waals surface area contributed by atoms with Crippen molar-refractivity contribution >= 4 is 26.8 Å². The van der Waals surface area contributed by atoms with Crippen molar-refractivity contribution in [1.82, 2.24) is 4.57 Å². The second-order valence-electron chi connectivity index (χ2n) is 5.09. The van der Waals surface area contributed by atoms with E-state index in [9.17, 15) is 13.2 Å². The number of benzene rings is 2. The number of aromatic nitrogens is 1. The van der Waals surface area contributed by atoms with Gasteiger partial charge in [0.1, 0.15) is 5.75 Å². The Morgan fingerprint density at radius 3 is 2.71 bits per heavy atom. The minimum Gasteiger partial charge on any atom is -0.492 e. The summed E-state index contributed by atoms with van der Waals surface area (Å²) >= 11 is 0. The molecule has 7 nitrogen and oxygen atoms in total. The van der Waals surface area contributed by atoms with E-state index < -0.39 is 15.8 Å². The van der Waals surface area contributed by atoms with Crippen LogP contribution >= 0.6 is 0 Å². The van der Waals surface area contributed by atoms with Gasteiger partial charge in [-0.1, -0.05) is 12.1 Å². The molecule has 1 heterocycles. The first-order valence-electron chi connectivity index (χ1n) is 7.26. The normalized spacial score (nSPS) is 11.6. The first-order valence-corrected chi connectivity index (χ1v) is 8.75. The molecule has 0 unspecified atom stereocenters. The Bertz CT molecular complexity index is 1050. The Hall–Kier alpha value is -2.74. The lowest BCUT2D eigenvalue weighted by Gasteiger charge is -2.12. The Labute approximate surface area is 138 Å². The number of aryl methyl sites for hydroxylation is 1. The fourth-order valence-corrected chi connectivity index (χ4v) is 3.40. The number of nitrogens with one attached hydrogen (secondary N) is 1. The highest BCUT2D eigenvalue weighted by molar-refractivity contribution is 7.92. The Morgan fingerprint density at radius 1 is 1.21 bits per heavy atom. The highest BCUT2D eigenvalue weighted by Crippen LogP contribution is 2.27. The molecular weight excluding hydrogens is 332 g/mol.